The van der Waals surface area contributed by atoms with Gasteiger partial charge in [0.25, 0.3) is 0 Å². The molecule has 2 fully saturated rings. The minimum atomic E-state index is 0.485. The van der Waals surface area contributed by atoms with E-state index in [4.69, 9.17) is 4.98 Å². The van der Waals surface area contributed by atoms with Gasteiger partial charge in [-0.1, -0.05) is 19.1 Å². The van der Waals surface area contributed by atoms with Gasteiger partial charge in [-0.25, -0.2) is 9.97 Å². The summed E-state index contributed by atoms with van der Waals surface area (Å²) in [5.74, 6) is 2.37. The fourth-order valence-corrected chi connectivity index (χ4v) is 3.91. The van der Waals surface area contributed by atoms with Crippen molar-refractivity contribution in [2.24, 2.45) is 18.9 Å². The summed E-state index contributed by atoms with van der Waals surface area (Å²) >= 11 is 0. The van der Waals surface area contributed by atoms with Crippen LogP contribution < -0.4 is 5.32 Å². The second-order valence-corrected chi connectivity index (χ2v) is 8.18. The van der Waals surface area contributed by atoms with Crippen molar-refractivity contribution in [3.05, 3.63) is 17.5 Å². The van der Waals surface area contributed by atoms with Gasteiger partial charge in [0, 0.05) is 19.3 Å². The van der Waals surface area contributed by atoms with Gasteiger partial charge in [0.05, 0.1) is 5.69 Å². The van der Waals surface area contributed by atoms with Crippen LogP contribution in [-0.2, 0) is 19.9 Å². The second-order valence-electron chi connectivity index (χ2n) is 8.18. The third-order valence-corrected chi connectivity index (χ3v) is 5.94. The summed E-state index contributed by atoms with van der Waals surface area (Å²) < 4.78 is 1.92. The predicted octanol–water partition coefficient (Wildman–Crippen LogP) is 3.78. The molecule has 0 bridgehead atoms. The zero-order chi connectivity index (χ0) is 18.1. The van der Waals surface area contributed by atoms with Crippen molar-refractivity contribution in [1.82, 2.24) is 25.0 Å². The first-order chi connectivity index (χ1) is 12.6. The summed E-state index contributed by atoms with van der Waals surface area (Å²) in [7, 11) is 1.99. The van der Waals surface area contributed by atoms with Crippen LogP contribution in [0.2, 0.25) is 0 Å². The van der Waals surface area contributed by atoms with E-state index in [0.29, 0.717) is 6.04 Å². The van der Waals surface area contributed by atoms with E-state index in [1.807, 2.05) is 17.9 Å². The van der Waals surface area contributed by atoms with Crippen molar-refractivity contribution in [2.75, 3.05) is 5.32 Å². The normalized spacial score (nSPS) is 23.2. The number of hydrogen-bond donors (Lipinski definition) is 1. The van der Waals surface area contributed by atoms with Crippen molar-refractivity contribution >= 4 is 5.95 Å². The maximum atomic E-state index is 4.89. The molecule has 2 heterocycles. The summed E-state index contributed by atoms with van der Waals surface area (Å²) in [4.78, 5) is 9.47. The molecule has 0 aliphatic heterocycles. The molecule has 140 valence electrons. The van der Waals surface area contributed by atoms with Crippen LogP contribution in [0.1, 0.15) is 63.6 Å². The molecule has 0 radical (unpaired) electrons. The first kappa shape index (κ1) is 17.4. The highest BCUT2D eigenvalue weighted by Crippen LogP contribution is 2.35. The summed E-state index contributed by atoms with van der Waals surface area (Å²) in [6, 6.07) is 0.485. The van der Waals surface area contributed by atoms with Gasteiger partial charge in [-0.05, 0) is 68.8 Å². The molecule has 2 aromatic rings. The maximum Gasteiger partial charge on any atom is 0.223 e. The number of anilines is 1. The summed E-state index contributed by atoms with van der Waals surface area (Å²) in [5, 5.41) is 12.3. The molecule has 4 rings (SSSR count). The van der Waals surface area contributed by atoms with E-state index < -0.39 is 0 Å². The summed E-state index contributed by atoms with van der Waals surface area (Å²) in [5.41, 5.74) is 4.25. The molecule has 2 aromatic heterocycles. The van der Waals surface area contributed by atoms with Crippen molar-refractivity contribution in [3.63, 3.8) is 0 Å². The highest BCUT2D eigenvalue weighted by molar-refractivity contribution is 5.62. The first-order valence-corrected chi connectivity index (χ1v) is 10.2. The Morgan fingerprint density at radius 3 is 2.58 bits per heavy atom. The van der Waals surface area contributed by atoms with Crippen molar-refractivity contribution < 1.29 is 0 Å². The van der Waals surface area contributed by atoms with Crippen LogP contribution in [0.3, 0.4) is 0 Å². The number of nitrogens with zero attached hydrogens (tertiary/aromatic N) is 5. The smallest absolute Gasteiger partial charge is 0.223 e. The quantitative estimate of drug-likeness (QED) is 0.855. The van der Waals surface area contributed by atoms with Crippen LogP contribution in [0.4, 0.5) is 5.95 Å². The van der Waals surface area contributed by atoms with Gasteiger partial charge in [0.2, 0.25) is 5.95 Å². The molecule has 26 heavy (non-hydrogen) atoms. The largest absolute Gasteiger partial charge is 0.351 e. The molecule has 0 spiro atoms. The van der Waals surface area contributed by atoms with E-state index in [1.165, 1.54) is 44.2 Å². The second kappa shape index (κ2) is 7.33. The zero-order valence-electron chi connectivity index (χ0n) is 16.2. The Labute approximate surface area is 155 Å². The van der Waals surface area contributed by atoms with Crippen LogP contribution in [0.25, 0.3) is 11.4 Å². The minimum absolute atomic E-state index is 0.485. The standard InChI is InChI=1S/C20H30N6/c1-4-15-12-21-20(22-16-9-5-13(2)6-10-16)23-18(15)19-17(11-14-7-8-14)26(3)25-24-19/h12-14,16H,4-11H2,1-3H3,(H,21,22,23). The molecule has 6 nitrogen and oxygen atoms in total. The average Bonchev–Trinajstić information content (AvgIpc) is 3.40. The number of aromatic nitrogens is 5. The molecule has 6 heteroatoms. The Kier molecular flexibility index (Phi) is 4.92. The fraction of sp³-hybridized carbons (Fsp3) is 0.700. The number of hydrogen-bond acceptors (Lipinski definition) is 5. The molecule has 1 N–H and O–H groups in total. The minimum Gasteiger partial charge on any atom is -0.351 e. The lowest BCUT2D eigenvalue weighted by Crippen LogP contribution is -2.26. The Hall–Kier alpha value is -1.98. The molecular weight excluding hydrogens is 324 g/mol. The van der Waals surface area contributed by atoms with Gasteiger partial charge < -0.3 is 5.32 Å². The number of nitrogens with one attached hydrogen (secondary N) is 1. The number of aryl methyl sites for hydroxylation is 2. The zero-order valence-corrected chi connectivity index (χ0v) is 16.2. The van der Waals surface area contributed by atoms with Crippen LogP contribution in [0.5, 0.6) is 0 Å². The van der Waals surface area contributed by atoms with Crippen LogP contribution in [0.15, 0.2) is 6.20 Å². The van der Waals surface area contributed by atoms with E-state index in [9.17, 15) is 0 Å². The van der Waals surface area contributed by atoms with Gasteiger partial charge >= 0.3 is 0 Å². The third-order valence-electron chi connectivity index (χ3n) is 5.94. The molecule has 0 saturated heterocycles. The monoisotopic (exact) mass is 354 g/mol. The Balaban J connectivity index is 1.60. The topological polar surface area (TPSA) is 68.5 Å². The van der Waals surface area contributed by atoms with E-state index in [2.05, 4.69) is 34.5 Å². The summed E-state index contributed by atoms with van der Waals surface area (Å²) in [6.45, 7) is 4.49. The predicted molar refractivity (Wildman–Crippen MR) is 103 cm³/mol. The van der Waals surface area contributed by atoms with Gasteiger partial charge in [-0.15, -0.1) is 5.10 Å². The van der Waals surface area contributed by atoms with Crippen LogP contribution in [0, 0.1) is 11.8 Å². The highest BCUT2D eigenvalue weighted by Gasteiger charge is 2.27. The van der Waals surface area contributed by atoms with E-state index >= 15 is 0 Å². The first-order valence-electron chi connectivity index (χ1n) is 10.2. The number of rotatable bonds is 6. The van der Waals surface area contributed by atoms with E-state index in [-0.39, 0.29) is 0 Å². The van der Waals surface area contributed by atoms with Gasteiger partial charge in [0.15, 0.2) is 0 Å². The van der Waals surface area contributed by atoms with Crippen molar-refractivity contribution in [1.29, 1.82) is 0 Å². The van der Waals surface area contributed by atoms with Gasteiger partial charge in [-0.3, -0.25) is 4.68 Å². The Bertz CT molecular complexity index is 756. The average molecular weight is 355 g/mol. The molecule has 2 aliphatic carbocycles. The molecule has 0 atom stereocenters. The lowest BCUT2D eigenvalue weighted by atomic mass is 9.87. The molecule has 0 unspecified atom stereocenters. The van der Waals surface area contributed by atoms with Gasteiger partial charge in [0.1, 0.15) is 11.4 Å². The maximum absolute atomic E-state index is 4.89. The Morgan fingerprint density at radius 1 is 1.12 bits per heavy atom. The van der Waals surface area contributed by atoms with E-state index in [0.717, 1.165) is 47.6 Å². The third kappa shape index (κ3) is 3.74. The highest BCUT2D eigenvalue weighted by atomic mass is 15.4. The fourth-order valence-electron chi connectivity index (χ4n) is 3.91. The molecular formula is C20H30N6. The molecule has 2 aliphatic rings. The van der Waals surface area contributed by atoms with Crippen molar-refractivity contribution in [3.8, 4) is 11.4 Å². The molecule has 0 amide bonds. The SMILES string of the molecule is CCc1cnc(NC2CCC(C)CC2)nc1-c1nnn(C)c1CC1CC1. The van der Waals surface area contributed by atoms with Crippen LogP contribution in [-0.4, -0.2) is 31.0 Å². The lowest BCUT2D eigenvalue weighted by molar-refractivity contribution is 0.360. The van der Waals surface area contributed by atoms with Gasteiger partial charge in [-0.2, -0.15) is 0 Å². The summed E-state index contributed by atoms with van der Waals surface area (Å²) in [6.07, 6.45) is 11.5. The van der Waals surface area contributed by atoms with Crippen LogP contribution >= 0.6 is 0 Å². The Morgan fingerprint density at radius 2 is 1.88 bits per heavy atom. The van der Waals surface area contributed by atoms with Crippen molar-refractivity contribution in [2.45, 2.75) is 71.3 Å². The lowest BCUT2D eigenvalue weighted by Gasteiger charge is -2.27. The van der Waals surface area contributed by atoms with E-state index in [1.54, 1.807) is 0 Å². The molecule has 2 saturated carbocycles. The molecule has 0 aromatic carbocycles.